The molecule has 4 nitrogen and oxygen atoms in total. The first-order valence-corrected chi connectivity index (χ1v) is 7.17. The second-order valence-corrected chi connectivity index (χ2v) is 5.37. The Hall–Kier alpha value is -1.58. The maximum absolute atomic E-state index is 12.6. The molecule has 2 N–H and O–H groups in total. The van der Waals surface area contributed by atoms with Crippen LogP contribution >= 0.6 is 0 Å². The molecule has 0 aromatic carbocycles. The third kappa shape index (κ3) is 3.46. The van der Waals surface area contributed by atoms with E-state index in [1.807, 2.05) is 7.05 Å². The van der Waals surface area contributed by atoms with Crippen molar-refractivity contribution >= 4 is 17.3 Å². The highest BCUT2D eigenvalue weighted by atomic mass is 16.2. The molecular formula is C15H23N3O. The third-order valence-corrected chi connectivity index (χ3v) is 3.97. The predicted octanol–water partition coefficient (Wildman–Crippen LogP) is 2.99. The van der Waals surface area contributed by atoms with E-state index in [0.717, 1.165) is 31.4 Å². The van der Waals surface area contributed by atoms with Gasteiger partial charge < -0.3 is 10.6 Å². The summed E-state index contributed by atoms with van der Waals surface area (Å²) in [7, 11) is 1.81. The van der Waals surface area contributed by atoms with Crippen LogP contribution < -0.4 is 10.6 Å². The maximum Gasteiger partial charge on any atom is 0.229 e. The van der Waals surface area contributed by atoms with Gasteiger partial charge in [0.2, 0.25) is 5.91 Å². The molecule has 0 aliphatic heterocycles. The minimum absolute atomic E-state index is 0.151. The zero-order chi connectivity index (χ0) is 13.7. The van der Waals surface area contributed by atoms with Crippen molar-refractivity contribution in [3.8, 4) is 0 Å². The second kappa shape index (κ2) is 6.55. The number of hydrogen-bond donors (Lipinski definition) is 1. The van der Waals surface area contributed by atoms with Crippen LogP contribution in [0.5, 0.6) is 0 Å². The van der Waals surface area contributed by atoms with Crippen LogP contribution in [0.1, 0.15) is 44.9 Å². The van der Waals surface area contributed by atoms with Crippen LogP contribution in [0.25, 0.3) is 0 Å². The average Bonchev–Trinajstić information content (AvgIpc) is 2.37. The lowest BCUT2D eigenvalue weighted by molar-refractivity contribution is -0.122. The smallest absolute Gasteiger partial charge is 0.229 e. The number of nitrogen functional groups attached to an aromatic ring is 1. The van der Waals surface area contributed by atoms with Crippen LogP contribution in [0.4, 0.5) is 11.4 Å². The zero-order valence-corrected chi connectivity index (χ0v) is 11.6. The number of amides is 1. The van der Waals surface area contributed by atoms with E-state index in [9.17, 15) is 4.79 Å². The van der Waals surface area contributed by atoms with Gasteiger partial charge in [-0.2, -0.15) is 0 Å². The maximum atomic E-state index is 12.6. The van der Waals surface area contributed by atoms with Crippen molar-refractivity contribution < 1.29 is 4.79 Å². The van der Waals surface area contributed by atoms with Gasteiger partial charge in [0.1, 0.15) is 0 Å². The predicted molar refractivity (Wildman–Crippen MR) is 77.9 cm³/mol. The van der Waals surface area contributed by atoms with Gasteiger partial charge in [-0.1, -0.05) is 32.1 Å². The highest BCUT2D eigenvalue weighted by Crippen LogP contribution is 2.27. The molecule has 0 unspecified atom stereocenters. The molecular weight excluding hydrogens is 238 g/mol. The van der Waals surface area contributed by atoms with E-state index in [1.165, 1.54) is 19.3 Å². The molecule has 1 saturated carbocycles. The van der Waals surface area contributed by atoms with Gasteiger partial charge >= 0.3 is 0 Å². The van der Waals surface area contributed by atoms with E-state index >= 15 is 0 Å². The minimum atomic E-state index is 0.151. The summed E-state index contributed by atoms with van der Waals surface area (Å²) in [5.74, 6) is 0.345. The normalized spacial score (nSPS) is 17.5. The Bertz CT molecular complexity index is 425. The highest BCUT2D eigenvalue weighted by Gasteiger charge is 2.24. The fourth-order valence-corrected chi connectivity index (χ4v) is 2.80. The number of rotatable bonds is 2. The lowest BCUT2D eigenvalue weighted by atomic mass is 9.90. The number of nitrogens with zero attached hydrogens (tertiary/aromatic N) is 2. The van der Waals surface area contributed by atoms with Crippen LogP contribution in [0, 0.1) is 5.92 Å². The van der Waals surface area contributed by atoms with Crippen LogP contribution in [0.3, 0.4) is 0 Å². The highest BCUT2D eigenvalue weighted by molar-refractivity contribution is 5.97. The van der Waals surface area contributed by atoms with E-state index in [4.69, 9.17) is 5.73 Å². The molecule has 0 radical (unpaired) electrons. The van der Waals surface area contributed by atoms with Crippen molar-refractivity contribution in [3.05, 3.63) is 18.5 Å². The Morgan fingerprint density at radius 3 is 2.53 bits per heavy atom. The Kier molecular flexibility index (Phi) is 4.77. The molecule has 1 aliphatic carbocycles. The third-order valence-electron chi connectivity index (χ3n) is 3.97. The second-order valence-electron chi connectivity index (χ2n) is 5.37. The average molecular weight is 261 g/mol. The number of carbonyl (C=O) groups excluding carboxylic acids is 1. The van der Waals surface area contributed by atoms with Crippen molar-refractivity contribution in [1.29, 1.82) is 0 Å². The molecule has 0 saturated heterocycles. The zero-order valence-electron chi connectivity index (χ0n) is 11.6. The summed E-state index contributed by atoms with van der Waals surface area (Å²) in [5.41, 5.74) is 7.21. The van der Waals surface area contributed by atoms with Gasteiger partial charge in [0.15, 0.2) is 0 Å². The number of aromatic nitrogens is 1. The Morgan fingerprint density at radius 1 is 1.26 bits per heavy atom. The van der Waals surface area contributed by atoms with Crippen LogP contribution in [0.2, 0.25) is 0 Å². The molecule has 104 valence electrons. The molecule has 0 spiro atoms. The van der Waals surface area contributed by atoms with Crippen LogP contribution in [-0.2, 0) is 4.79 Å². The molecule has 1 amide bonds. The van der Waals surface area contributed by atoms with E-state index in [0.29, 0.717) is 5.69 Å². The minimum Gasteiger partial charge on any atom is -0.396 e. The van der Waals surface area contributed by atoms with Crippen molar-refractivity contribution in [2.24, 2.45) is 5.92 Å². The lowest BCUT2D eigenvalue weighted by Crippen LogP contribution is -2.33. The first kappa shape index (κ1) is 13.8. The summed E-state index contributed by atoms with van der Waals surface area (Å²) in [4.78, 5) is 18.2. The quantitative estimate of drug-likeness (QED) is 0.890. The van der Waals surface area contributed by atoms with Crippen molar-refractivity contribution in [2.45, 2.75) is 44.9 Å². The summed E-state index contributed by atoms with van der Waals surface area (Å²) in [6, 6.07) is 1.80. The number of pyridine rings is 1. The molecule has 0 bridgehead atoms. The van der Waals surface area contributed by atoms with Gasteiger partial charge in [0.05, 0.1) is 17.6 Å². The first-order chi connectivity index (χ1) is 9.20. The number of anilines is 2. The van der Waals surface area contributed by atoms with Gasteiger partial charge in [0, 0.05) is 19.2 Å². The van der Waals surface area contributed by atoms with E-state index in [2.05, 4.69) is 4.98 Å². The van der Waals surface area contributed by atoms with Gasteiger partial charge in [-0.3, -0.25) is 9.78 Å². The molecule has 2 rings (SSSR count). The largest absolute Gasteiger partial charge is 0.396 e. The standard InChI is InChI=1S/C15H23N3O/c1-18(14-9-10-17-11-13(14)16)15(19)12-7-5-3-2-4-6-8-12/h9-12H,2-8,16H2,1H3. The van der Waals surface area contributed by atoms with Crippen molar-refractivity contribution in [2.75, 3.05) is 17.7 Å². The topological polar surface area (TPSA) is 59.2 Å². The molecule has 4 heteroatoms. The fraction of sp³-hybridized carbons (Fsp3) is 0.600. The number of nitrogens with two attached hydrogens (primary N) is 1. The number of carbonyl (C=O) groups is 1. The van der Waals surface area contributed by atoms with E-state index in [1.54, 1.807) is 23.4 Å². The monoisotopic (exact) mass is 261 g/mol. The van der Waals surface area contributed by atoms with Crippen LogP contribution in [-0.4, -0.2) is 17.9 Å². The van der Waals surface area contributed by atoms with Gasteiger partial charge in [-0.25, -0.2) is 0 Å². The van der Waals surface area contributed by atoms with Gasteiger partial charge in [-0.15, -0.1) is 0 Å². The molecule has 0 atom stereocenters. The molecule has 1 heterocycles. The summed E-state index contributed by atoms with van der Waals surface area (Å²) in [6.45, 7) is 0. The lowest BCUT2D eigenvalue weighted by Gasteiger charge is -2.25. The number of hydrogen-bond acceptors (Lipinski definition) is 3. The van der Waals surface area contributed by atoms with Crippen molar-refractivity contribution in [1.82, 2.24) is 4.98 Å². The SMILES string of the molecule is CN(C(=O)C1CCCCCCC1)c1ccncc1N. The molecule has 1 aliphatic rings. The van der Waals surface area contributed by atoms with Gasteiger partial charge in [-0.05, 0) is 18.9 Å². The fourth-order valence-electron chi connectivity index (χ4n) is 2.80. The molecule has 1 aromatic heterocycles. The Morgan fingerprint density at radius 2 is 1.89 bits per heavy atom. The van der Waals surface area contributed by atoms with E-state index < -0.39 is 0 Å². The molecule has 1 aromatic rings. The summed E-state index contributed by atoms with van der Waals surface area (Å²) in [6.07, 6.45) is 11.4. The van der Waals surface area contributed by atoms with Crippen molar-refractivity contribution in [3.63, 3.8) is 0 Å². The van der Waals surface area contributed by atoms with E-state index in [-0.39, 0.29) is 11.8 Å². The van der Waals surface area contributed by atoms with Gasteiger partial charge in [0.25, 0.3) is 0 Å². The Labute approximate surface area is 115 Å². The summed E-state index contributed by atoms with van der Waals surface area (Å²) in [5, 5.41) is 0. The summed E-state index contributed by atoms with van der Waals surface area (Å²) >= 11 is 0. The summed E-state index contributed by atoms with van der Waals surface area (Å²) < 4.78 is 0. The first-order valence-electron chi connectivity index (χ1n) is 7.17. The molecule has 19 heavy (non-hydrogen) atoms. The Balaban J connectivity index is 2.07. The molecule has 1 fully saturated rings. The van der Waals surface area contributed by atoms with Crippen LogP contribution in [0.15, 0.2) is 18.5 Å².